The van der Waals surface area contributed by atoms with E-state index >= 15 is 0 Å². The molecule has 0 unspecified atom stereocenters. The van der Waals surface area contributed by atoms with Crippen LogP contribution in [0.3, 0.4) is 0 Å². The van der Waals surface area contributed by atoms with Crippen LogP contribution in [0, 0.1) is 18.6 Å². The van der Waals surface area contributed by atoms with E-state index < -0.39 is 23.2 Å². The lowest BCUT2D eigenvalue weighted by atomic mass is 10.2. The number of carbonyl (C=O) groups is 1. The molecule has 1 heterocycles. The third-order valence-electron chi connectivity index (χ3n) is 3.57. The SMILES string of the molecule is Cc1ccc(F)c(NC(=O)c2cc(N)cn2C2CC2)c1F. The zero-order valence-corrected chi connectivity index (χ0v) is 11.5. The van der Waals surface area contributed by atoms with Gasteiger partial charge in [0.2, 0.25) is 0 Å². The Morgan fingerprint density at radius 3 is 2.76 bits per heavy atom. The van der Waals surface area contributed by atoms with Gasteiger partial charge in [0.05, 0.1) is 5.69 Å². The summed E-state index contributed by atoms with van der Waals surface area (Å²) in [5.41, 5.74) is 6.32. The molecule has 1 aromatic carbocycles. The Bertz CT molecular complexity index is 720. The molecule has 0 spiro atoms. The number of nitrogens with zero attached hydrogens (tertiary/aromatic N) is 1. The largest absolute Gasteiger partial charge is 0.397 e. The normalized spacial score (nSPS) is 14.2. The Morgan fingerprint density at radius 2 is 2.10 bits per heavy atom. The molecule has 1 aliphatic rings. The standard InChI is InChI=1S/C15H15F2N3O/c1-8-2-5-11(16)14(13(8)17)19-15(21)12-6-9(18)7-20(12)10-3-4-10/h2,5-7,10H,3-4,18H2,1H3,(H,19,21). The van der Waals surface area contributed by atoms with Crippen molar-refractivity contribution in [2.75, 3.05) is 11.1 Å². The van der Waals surface area contributed by atoms with Gasteiger partial charge in [-0.3, -0.25) is 4.79 Å². The summed E-state index contributed by atoms with van der Waals surface area (Å²) in [5.74, 6) is -2.13. The van der Waals surface area contributed by atoms with Crippen molar-refractivity contribution in [2.24, 2.45) is 0 Å². The van der Waals surface area contributed by atoms with E-state index in [1.54, 1.807) is 10.8 Å². The molecule has 2 aromatic rings. The number of hydrogen-bond acceptors (Lipinski definition) is 2. The van der Waals surface area contributed by atoms with Crippen LogP contribution in [0.1, 0.15) is 34.9 Å². The number of nitrogens with one attached hydrogen (secondary N) is 1. The lowest BCUT2D eigenvalue weighted by Crippen LogP contribution is -2.18. The van der Waals surface area contributed by atoms with Crippen molar-refractivity contribution in [1.29, 1.82) is 0 Å². The molecule has 110 valence electrons. The molecular weight excluding hydrogens is 276 g/mol. The van der Waals surface area contributed by atoms with Crippen LogP contribution in [0.15, 0.2) is 24.4 Å². The number of benzene rings is 1. The maximum atomic E-state index is 13.9. The van der Waals surface area contributed by atoms with Gasteiger partial charge in [0.15, 0.2) is 5.82 Å². The average molecular weight is 291 g/mol. The van der Waals surface area contributed by atoms with E-state index in [0.717, 1.165) is 18.9 Å². The van der Waals surface area contributed by atoms with Gasteiger partial charge in [-0.05, 0) is 37.5 Å². The van der Waals surface area contributed by atoms with Gasteiger partial charge < -0.3 is 15.6 Å². The topological polar surface area (TPSA) is 60.1 Å². The van der Waals surface area contributed by atoms with Crippen molar-refractivity contribution in [3.8, 4) is 0 Å². The minimum absolute atomic E-state index is 0.246. The van der Waals surface area contributed by atoms with Gasteiger partial charge in [0, 0.05) is 12.2 Å². The highest BCUT2D eigenvalue weighted by molar-refractivity contribution is 6.04. The maximum absolute atomic E-state index is 13.9. The number of rotatable bonds is 3. The first kappa shape index (κ1) is 13.6. The number of nitrogen functional groups attached to an aromatic ring is 1. The molecule has 6 heteroatoms. The number of carbonyl (C=O) groups excluding carboxylic acids is 1. The Labute approximate surface area is 120 Å². The number of aryl methyl sites for hydroxylation is 1. The van der Waals surface area contributed by atoms with Gasteiger partial charge in [-0.1, -0.05) is 6.07 Å². The Hall–Kier alpha value is -2.37. The van der Waals surface area contributed by atoms with Gasteiger partial charge in [0.25, 0.3) is 5.91 Å². The fourth-order valence-electron chi connectivity index (χ4n) is 2.29. The van der Waals surface area contributed by atoms with Crippen molar-refractivity contribution in [1.82, 2.24) is 4.57 Å². The summed E-state index contributed by atoms with van der Waals surface area (Å²) in [4.78, 5) is 12.3. The van der Waals surface area contributed by atoms with Gasteiger partial charge in [-0.15, -0.1) is 0 Å². The van der Waals surface area contributed by atoms with Crippen molar-refractivity contribution >= 4 is 17.3 Å². The van der Waals surface area contributed by atoms with E-state index in [2.05, 4.69) is 5.32 Å². The van der Waals surface area contributed by atoms with Crippen LogP contribution in [0.5, 0.6) is 0 Å². The molecule has 3 N–H and O–H groups in total. The first-order valence-electron chi connectivity index (χ1n) is 6.70. The highest BCUT2D eigenvalue weighted by Crippen LogP contribution is 2.37. The van der Waals surface area contributed by atoms with Gasteiger partial charge in [-0.25, -0.2) is 8.78 Å². The van der Waals surface area contributed by atoms with E-state index in [1.807, 2.05) is 0 Å². The van der Waals surface area contributed by atoms with E-state index in [9.17, 15) is 13.6 Å². The van der Waals surface area contributed by atoms with Crippen LogP contribution in [-0.2, 0) is 0 Å². The highest BCUT2D eigenvalue weighted by atomic mass is 19.1. The Kier molecular flexibility index (Phi) is 3.16. The summed E-state index contributed by atoms with van der Waals surface area (Å²) in [6, 6.07) is 4.21. The lowest BCUT2D eigenvalue weighted by Gasteiger charge is -2.11. The molecule has 1 fully saturated rings. The van der Waals surface area contributed by atoms with Crippen LogP contribution in [-0.4, -0.2) is 10.5 Å². The predicted molar refractivity (Wildman–Crippen MR) is 76.2 cm³/mol. The zero-order valence-electron chi connectivity index (χ0n) is 11.5. The smallest absolute Gasteiger partial charge is 0.272 e. The summed E-state index contributed by atoms with van der Waals surface area (Å²) in [6.45, 7) is 1.51. The second-order valence-corrected chi connectivity index (χ2v) is 5.30. The third kappa shape index (κ3) is 2.49. The van der Waals surface area contributed by atoms with Crippen LogP contribution < -0.4 is 11.1 Å². The van der Waals surface area contributed by atoms with Crippen LogP contribution >= 0.6 is 0 Å². The number of anilines is 2. The molecule has 0 saturated heterocycles. The Morgan fingerprint density at radius 1 is 1.38 bits per heavy atom. The molecular formula is C15H15F2N3O. The molecule has 21 heavy (non-hydrogen) atoms. The minimum atomic E-state index is -0.802. The fourth-order valence-corrected chi connectivity index (χ4v) is 2.29. The van der Waals surface area contributed by atoms with E-state index in [0.29, 0.717) is 11.4 Å². The highest BCUT2D eigenvalue weighted by Gasteiger charge is 2.28. The second kappa shape index (κ2) is 4.87. The molecule has 4 nitrogen and oxygen atoms in total. The third-order valence-corrected chi connectivity index (χ3v) is 3.57. The van der Waals surface area contributed by atoms with Crippen molar-refractivity contribution in [3.63, 3.8) is 0 Å². The molecule has 0 radical (unpaired) electrons. The van der Waals surface area contributed by atoms with Gasteiger partial charge >= 0.3 is 0 Å². The first-order chi connectivity index (χ1) is 9.97. The number of amides is 1. The summed E-state index contributed by atoms with van der Waals surface area (Å²) in [5, 5.41) is 2.31. The molecule has 0 aliphatic heterocycles. The van der Waals surface area contributed by atoms with Crippen LogP contribution in [0.4, 0.5) is 20.2 Å². The number of nitrogens with two attached hydrogens (primary N) is 1. The summed E-state index contributed by atoms with van der Waals surface area (Å²) < 4.78 is 29.4. The lowest BCUT2D eigenvalue weighted by molar-refractivity contribution is 0.101. The quantitative estimate of drug-likeness (QED) is 0.912. The average Bonchev–Trinajstić information content (AvgIpc) is 3.21. The van der Waals surface area contributed by atoms with Crippen LogP contribution in [0.2, 0.25) is 0 Å². The van der Waals surface area contributed by atoms with E-state index in [1.165, 1.54) is 19.1 Å². The zero-order chi connectivity index (χ0) is 15.1. The molecule has 1 aliphatic carbocycles. The molecule has 1 aromatic heterocycles. The van der Waals surface area contributed by atoms with Crippen molar-refractivity contribution in [3.05, 3.63) is 47.3 Å². The van der Waals surface area contributed by atoms with E-state index in [-0.39, 0.29) is 11.6 Å². The summed E-state index contributed by atoms with van der Waals surface area (Å²) in [6.07, 6.45) is 3.62. The second-order valence-electron chi connectivity index (χ2n) is 5.30. The van der Waals surface area contributed by atoms with Gasteiger partial charge in [0.1, 0.15) is 17.2 Å². The summed E-state index contributed by atoms with van der Waals surface area (Å²) >= 11 is 0. The Balaban J connectivity index is 1.92. The maximum Gasteiger partial charge on any atom is 0.272 e. The number of aromatic nitrogens is 1. The molecule has 3 rings (SSSR count). The molecule has 0 bridgehead atoms. The number of hydrogen-bond donors (Lipinski definition) is 2. The number of halogens is 2. The first-order valence-corrected chi connectivity index (χ1v) is 6.70. The van der Waals surface area contributed by atoms with Crippen molar-refractivity contribution < 1.29 is 13.6 Å². The summed E-state index contributed by atoms with van der Waals surface area (Å²) in [7, 11) is 0. The van der Waals surface area contributed by atoms with Gasteiger partial charge in [-0.2, -0.15) is 0 Å². The molecule has 1 amide bonds. The van der Waals surface area contributed by atoms with E-state index in [4.69, 9.17) is 5.73 Å². The molecule has 0 atom stereocenters. The predicted octanol–water partition coefficient (Wildman–Crippen LogP) is 3.24. The van der Waals surface area contributed by atoms with Crippen molar-refractivity contribution in [2.45, 2.75) is 25.8 Å². The van der Waals surface area contributed by atoms with Crippen LogP contribution in [0.25, 0.3) is 0 Å². The monoisotopic (exact) mass is 291 g/mol. The molecule has 1 saturated carbocycles. The fraction of sp³-hybridized carbons (Fsp3) is 0.267. The minimum Gasteiger partial charge on any atom is -0.397 e.